The van der Waals surface area contributed by atoms with Gasteiger partial charge in [0.05, 0.1) is 10.2 Å². The van der Waals surface area contributed by atoms with Gasteiger partial charge in [-0.05, 0) is 57.0 Å². The summed E-state index contributed by atoms with van der Waals surface area (Å²) >= 11 is 6.81. The summed E-state index contributed by atoms with van der Waals surface area (Å²) in [6, 6.07) is 8.93. The van der Waals surface area contributed by atoms with Crippen LogP contribution in [0.15, 0.2) is 44.3 Å². The number of benzene rings is 1. The number of halogens is 2. The number of phenols is 1. The molecule has 0 fully saturated rings. The summed E-state index contributed by atoms with van der Waals surface area (Å²) in [5, 5.41) is 9.63. The fraction of sp³-hybridized carbons (Fsp3) is 0.0769. The van der Waals surface area contributed by atoms with Gasteiger partial charge in [-0.3, -0.25) is 0 Å². The van der Waals surface area contributed by atoms with Crippen LogP contribution >= 0.6 is 31.9 Å². The third-order valence-electron chi connectivity index (χ3n) is 2.35. The van der Waals surface area contributed by atoms with Crippen LogP contribution in [-0.4, -0.2) is 16.3 Å². The van der Waals surface area contributed by atoms with Crippen LogP contribution in [0.2, 0.25) is 0 Å². The van der Waals surface area contributed by atoms with Crippen molar-refractivity contribution in [2.45, 2.75) is 6.92 Å². The van der Waals surface area contributed by atoms with Crippen LogP contribution in [0.5, 0.6) is 5.75 Å². The Labute approximate surface area is 122 Å². The lowest BCUT2D eigenvalue weighted by atomic mass is 10.2. The standard InChI is InChI=1S/C13H10Br2N2O/c1-8-10(14)6-11(15)13(17-8)16-7-9-4-2-3-5-12(9)18/h2-7,18H,1H3. The van der Waals surface area contributed by atoms with Crippen molar-refractivity contribution in [3.8, 4) is 5.75 Å². The number of aromatic nitrogens is 1. The van der Waals surface area contributed by atoms with Crippen LogP contribution in [0.4, 0.5) is 5.82 Å². The maximum atomic E-state index is 9.63. The summed E-state index contributed by atoms with van der Waals surface area (Å²) in [5.41, 5.74) is 1.52. The van der Waals surface area contributed by atoms with Crippen molar-refractivity contribution in [2.24, 2.45) is 4.99 Å². The van der Waals surface area contributed by atoms with Gasteiger partial charge in [0.15, 0.2) is 5.82 Å². The maximum absolute atomic E-state index is 9.63. The van der Waals surface area contributed by atoms with Crippen LogP contribution in [0.3, 0.4) is 0 Å². The van der Waals surface area contributed by atoms with Gasteiger partial charge in [0.2, 0.25) is 0 Å². The quantitative estimate of drug-likeness (QED) is 0.798. The molecule has 0 amide bonds. The van der Waals surface area contributed by atoms with Crippen molar-refractivity contribution in [1.29, 1.82) is 0 Å². The van der Waals surface area contributed by atoms with Gasteiger partial charge in [-0.2, -0.15) is 0 Å². The molecule has 0 radical (unpaired) electrons. The zero-order valence-corrected chi connectivity index (χ0v) is 12.7. The highest BCUT2D eigenvalue weighted by Gasteiger charge is 2.04. The second kappa shape index (κ2) is 5.63. The lowest BCUT2D eigenvalue weighted by molar-refractivity contribution is 0.474. The Bertz CT molecular complexity index is 612. The average Bonchev–Trinajstić information content (AvgIpc) is 2.34. The second-order valence-electron chi connectivity index (χ2n) is 3.68. The normalized spacial score (nSPS) is 11.1. The smallest absolute Gasteiger partial charge is 0.166 e. The molecule has 0 aliphatic carbocycles. The highest BCUT2D eigenvalue weighted by molar-refractivity contribution is 9.11. The Morgan fingerprint density at radius 3 is 2.67 bits per heavy atom. The number of hydrogen-bond donors (Lipinski definition) is 1. The molecule has 1 aromatic carbocycles. The highest BCUT2D eigenvalue weighted by Crippen LogP contribution is 2.28. The molecule has 5 heteroatoms. The Morgan fingerprint density at radius 1 is 1.22 bits per heavy atom. The zero-order chi connectivity index (χ0) is 13.1. The van der Waals surface area contributed by atoms with Gasteiger partial charge in [-0.25, -0.2) is 9.98 Å². The molecule has 0 aliphatic heterocycles. The molecule has 0 spiro atoms. The van der Waals surface area contributed by atoms with E-state index >= 15 is 0 Å². The van der Waals surface area contributed by atoms with Crippen LogP contribution in [-0.2, 0) is 0 Å². The summed E-state index contributed by atoms with van der Waals surface area (Å²) in [6.45, 7) is 1.90. The van der Waals surface area contributed by atoms with E-state index < -0.39 is 0 Å². The summed E-state index contributed by atoms with van der Waals surface area (Å²) in [6.07, 6.45) is 1.59. The van der Waals surface area contributed by atoms with E-state index in [1.54, 1.807) is 24.4 Å². The number of rotatable bonds is 2. The topological polar surface area (TPSA) is 45.5 Å². The van der Waals surface area contributed by atoms with Crippen molar-refractivity contribution < 1.29 is 5.11 Å². The molecule has 0 atom stereocenters. The van der Waals surface area contributed by atoms with Gasteiger partial charge in [0.1, 0.15) is 5.75 Å². The molecule has 3 nitrogen and oxygen atoms in total. The first-order valence-electron chi connectivity index (χ1n) is 5.22. The second-order valence-corrected chi connectivity index (χ2v) is 5.39. The van der Waals surface area contributed by atoms with E-state index in [1.807, 2.05) is 19.1 Å². The molecule has 2 rings (SSSR count). The Kier molecular flexibility index (Phi) is 4.14. The van der Waals surface area contributed by atoms with Crippen molar-refractivity contribution in [1.82, 2.24) is 4.98 Å². The molecule has 0 aliphatic rings. The van der Waals surface area contributed by atoms with Gasteiger partial charge < -0.3 is 5.11 Å². The first-order valence-corrected chi connectivity index (χ1v) is 6.81. The van der Waals surface area contributed by atoms with E-state index in [1.165, 1.54) is 0 Å². The molecule has 92 valence electrons. The van der Waals surface area contributed by atoms with Crippen LogP contribution in [0.25, 0.3) is 0 Å². The fourth-order valence-electron chi connectivity index (χ4n) is 1.36. The van der Waals surface area contributed by atoms with Gasteiger partial charge >= 0.3 is 0 Å². The molecule has 0 bridgehead atoms. The first-order chi connectivity index (χ1) is 8.58. The van der Waals surface area contributed by atoms with Crippen LogP contribution in [0, 0.1) is 6.92 Å². The summed E-state index contributed by atoms with van der Waals surface area (Å²) < 4.78 is 1.72. The molecule has 0 saturated heterocycles. The van der Waals surface area contributed by atoms with Gasteiger partial charge in [0.25, 0.3) is 0 Å². The Morgan fingerprint density at radius 2 is 1.94 bits per heavy atom. The largest absolute Gasteiger partial charge is 0.507 e. The minimum Gasteiger partial charge on any atom is -0.507 e. The minimum atomic E-state index is 0.200. The van der Waals surface area contributed by atoms with E-state index in [9.17, 15) is 5.11 Å². The van der Waals surface area contributed by atoms with E-state index in [0.717, 1.165) is 14.6 Å². The molecular weight excluding hydrogens is 360 g/mol. The van der Waals surface area contributed by atoms with Crippen molar-refractivity contribution in [3.05, 3.63) is 50.5 Å². The zero-order valence-electron chi connectivity index (χ0n) is 9.56. The van der Waals surface area contributed by atoms with Gasteiger partial charge in [0, 0.05) is 16.3 Å². The third kappa shape index (κ3) is 2.97. The molecular formula is C13H10Br2N2O. The molecule has 0 saturated carbocycles. The van der Waals surface area contributed by atoms with Crippen molar-refractivity contribution in [2.75, 3.05) is 0 Å². The van der Waals surface area contributed by atoms with E-state index in [2.05, 4.69) is 41.8 Å². The predicted molar refractivity (Wildman–Crippen MR) is 79.7 cm³/mol. The predicted octanol–water partition coefficient (Wildman–Crippen LogP) is 4.37. The summed E-state index contributed by atoms with van der Waals surface area (Å²) in [5.74, 6) is 0.783. The number of para-hydroxylation sites is 1. The Hall–Kier alpha value is -1.20. The minimum absolute atomic E-state index is 0.200. The monoisotopic (exact) mass is 368 g/mol. The number of pyridine rings is 1. The maximum Gasteiger partial charge on any atom is 0.166 e. The molecule has 1 aromatic heterocycles. The summed E-state index contributed by atoms with van der Waals surface area (Å²) in [4.78, 5) is 8.62. The number of nitrogens with zero attached hydrogens (tertiary/aromatic N) is 2. The van der Waals surface area contributed by atoms with Crippen molar-refractivity contribution in [3.63, 3.8) is 0 Å². The third-order valence-corrected chi connectivity index (χ3v) is 3.74. The molecule has 1 heterocycles. The van der Waals surface area contributed by atoms with Crippen molar-refractivity contribution >= 4 is 43.9 Å². The number of aromatic hydroxyl groups is 1. The Balaban J connectivity index is 2.35. The van der Waals surface area contributed by atoms with E-state index in [-0.39, 0.29) is 5.75 Å². The highest BCUT2D eigenvalue weighted by atomic mass is 79.9. The number of aliphatic imine (C=N–C) groups is 1. The first kappa shape index (κ1) is 13.2. The van der Waals surface area contributed by atoms with E-state index in [4.69, 9.17) is 0 Å². The molecule has 1 N–H and O–H groups in total. The number of hydrogen-bond acceptors (Lipinski definition) is 3. The lowest BCUT2D eigenvalue weighted by Gasteiger charge is -2.02. The average molecular weight is 370 g/mol. The summed E-state index contributed by atoms with van der Waals surface area (Å²) in [7, 11) is 0. The van der Waals surface area contributed by atoms with Gasteiger partial charge in [-0.1, -0.05) is 12.1 Å². The lowest BCUT2D eigenvalue weighted by Crippen LogP contribution is -1.86. The molecule has 0 unspecified atom stereocenters. The SMILES string of the molecule is Cc1nc(N=Cc2ccccc2O)c(Br)cc1Br. The number of phenolic OH excluding ortho intramolecular Hbond substituents is 1. The molecule has 18 heavy (non-hydrogen) atoms. The van der Waals surface area contributed by atoms with Crippen LogP contribution < -0.4 is 0 Å². The molecule has 2 aromatic rings. The number of aryl methyl sites for hydroxylation is 1. The van der Waals surface area contributed by atoms with E-state index in [0.29, 0.717) is 11.4 Å². The van der Waals surface area contributed by atoms with Crippen LogP contribution in [0.1, 0.15) is 11.3 Å². The van der Waals surface area contributed by atoms with Gasteiger partial charge in [-0.15, -0.1) is 0 Å². The fourth-order valence-corrected chi connectivity index (χ4v) is 2.41.